The Hall–Kier alpha value is -2.39. The lowest BCUT2D eigenvalue weighted by Crippen LogP contribution is -2.23. The van der Waals surface area contributed by atoms with Crippen LogP contribution in [0.1, 0.15) is 50.1 Å². The van der Waals surface area contributed by atoms with Crippen LogP contribution in [-0.4, -0.2) is 22.5 Å². The van der Waals surface area contributed by atoms with Gasteiger partial charge in [0, 0.05) is 36.0 Å². The fourth-order valence-corrected chi connectivity index (χ4v) is 4.97. The summed E-state index contributed by atoms with van der Waals surface area (Å²) in [5.41, 5.74) is 1.92. The van der Waals surface area contributed by atoms with E-state index in [1.54, 1.807) is 24.4 Å². The zero-order valence-electron chi connectivity index (χ0n) is 21.0. The van der Waals surface area contributed by atoms with E-state index >= 15 is 0 Å². The maximum absolute atomic E-state index is 13.4. The lowest BCUT2D eigenvalue weighted by atomic mass is 10.1. The monoisotopic (exact) mass is 679 g/mol. The molecule has 0 saturated heterocycles. The molecular formula is C28H25Br2Cl2N3O3. The first-order chi connectivity index (χ1) is 18.2. The minimum Gasteiger partial charge on any atom is -0.490 e. The molecule has 4 aromatic rings. The second kappa shape index (κ2) is 12.6. The van der Waals surface area contributed by atoms with Gasteiger partial charge in [-0.15, -0.1) is 0 Å². The Morgan fingerprint density at radius 2 is 1.82 bits per heavy atom. The van der Waals surface area contributed by atoms with Crippen LogP contribution < -0.4 is 15.0 Å². The van der Waals surface area contributed by atoms with E-state index in [1.807, 2.05) is 44.2 Å². The Bertz CT molecular complexity index is 1570. The maximum atomic E-state index is 13.4. The lowest BCUT2D eigenvalue weighted by molar-refractivity contribution is 0.269. The maximum Gasteiger partial charge on any atom is 0.282 e. The summed E-state index contributed by atoms with van der Waals surface area (Å²) < 4.78 is 14.8. The number of halogens is 4. The summed E-state index contributed by atoms with van der Waals surface area (Å²) in [5.74, 6) is 1.71. The van der Waals surface area contributed by atoms with Crippen LogP contribution in [0.4, 0.5) is 0 Å². The molecule has 1 atom stereocenters. The topological polar surface area (TPSA) is 65.7 Å². The van der Waals surface area contributed by atoms with Crippen LogP contribution in [0.2, 0.25) is 10.0 Å². The van der Waals surface area contributed by atoms with Crippen molar-refractivity contribution in [2.24, 2.45) is 5.10 Å². The van der Waals surface area contributed by atoms with Crippen LogP contribution in [0.15, 0.2) is 67.4 Å². The number of rotatable bonds is 9. The largest absolute Gasteiger partial charge is 0.490 e. The average molecular weight is 682 g/mol. The number of fused-ring (bicyclic) bond motifs is 1. The van der Waals surface area contributed by atoms with Crippen molar-refractivity contribution in [2.75, 3.05) is 6.61 Å². The Balaban J connectivity index is 1.71. The first-order valence-corrected chi connectivity index (χ1v) is 14.4. The molecule has 3 aromatic carbocycles. The molecule has 6 nitrogen and oxygen atoms in total. The third-order valence-corrected chi connectivity index (χ3v) is 7.73. The molecule has 0 aliphatic rings. The van der Waals surface area contributed by atoms with Gasteiger partial charge in [0.05, 0.1) is 23.7 Å². The van der Waals surface area contributed by atoms with Crippen molar-refractivity contribution >= 4 is 72.2 Å². The van der Waals surface area contributed by atoms with Gasteiger partial charge in [-0.2, -0.15) is 9.78 Å². The first-order valence-electron chi connectivity index (χ1n) is 12.0. The Kier molecular flexibility index (Phi) is 9.52. The predicted octanol–water partition coefficient (Wildman–Crippen LogP) is 8.60. The van der Waals surface area contributed by atoms with E-state index in [9.17, 15) is 4.79 Å². The second-order valence-corrected chi connectivity index (χ2v) is 11.2. The zero-order valence-corrected chi connectivity index (χ0v) is 25.7. The predicted molar refractivity (Wildman–Crippen MR) is 162 cm³/mol. The molecule has 4 rings (SSSR count). The molecule has 0 bridgehead atoms. The molecule has 0 amide bonds. The standard InChI is InChI=1S/C28H25Br2Cl2N3O3/c1-4-16(3)27-34-24-9-7-19(29)11-21(24)28(36)35(27)33-14-18-10-25(37-5-2)26(13-22(18)30)38-15-17-6-8-20(31)12-23(17)32/h6-14,16H,4-5,15H2,1-3H3/t16-/m1/s1. The molecule has 1 heterocycles. The van der Waals surface area contributed by atoms with E-state index in [0.29, 0.717) is 50.4 Å². The van der Waals surface area contributed by atoms with E-state index < -0.39 is 0 Å². The summed E-state index contributed by atoms with van der Waals surface area (Å²) in [6.45, 7) is 6.66. The van der Waals surface area contributed by atoms with Crippen molar-refractivity contribution in [3.63, 3.8) is 0 Å². The average Bonchev–Trinajstić information content (AvgIpc) is 2.89. The Morgan fingerprint density at radius 1 is 1.05 bits per heavy atom. The fraction of sp³-hybridized carbons (Fsp3) is 0.250. The summed E-state index contributed by atoms with van der Waals surface area (Å²) in [7, 11) is 0. The van der Waals surface area contributed by atoms with Crippen LogP contribution in [0.5, 0.6) is 11.5 Å². The van der Waals surface area contributed by atoms with Gasteiger partial charge in [0.25, 0.3) is 5.56 Å². The molecule has 0 unspecified atom stereocenters. The summed E-state index contributed by atoms with van der Waals surface area (Å²) in [6, 6.07) is 14.4. The highest BCUT2D eigenvalue weighted by molar-refractivity contribution is 9.10. The highest BCUT2D eigenvalue weighted by Gasteiger charge is 2.16. The molecule has 0 spiro atoms. The second-order valence-electron chi connectivity index (χ2n) is 8.58. The zero-order chi connectivity index (χ0) is 27.4. The Morgan fingerprint density at radius 3 is 2.53 bits per heavy atom. The number of nitrogens with zero attached hydrogens (tertiary/aromatic N) is 3. The molecule has 0 N–H and O–H groups in total. The third kappa shape index (κ3) is 6.42. The van der Waals surface area contributed by atoms with Gasteiger partial charge >= 0.3 is 0 Å². The van der Waals surface area contributed by atoms with Crippen LogP contribution in [0.3, 0.4) is 0 Å². The van der Waals surface area contributed by atoms with Crippen molar-refractivity contribution in [3.05, 3.63) is 94.8 Å². The first kappa shape index (κ1) is 28.6. The van der Waals surface area contributed by atoms with Crippen LogP contribution >= 0.6 is 55.1 Å². The minimum absolute atomic E-state index is 0.0331. The highest BCUT2D eigenvalue weighted by atomic mass is 79.9. The lowest BCUT2D eigenvalue weighted by Gasteiger charge is -2.15. The van der Waals surface area contributed by atoms with Crippen molar-refractivity contribution in [1.82, 2.24) is 9.66 Å². The number of ether oxygens (including phenoxy) is 2. The van der Waals surface area contributed by atoms with Crippen molar-refractivity contribution < 1.29 is 9.47 Å². The molecule has 1 aromatic heterocycles. The fourth-order valence-electron chi connectivity index (χ4n) is 3.72. The molecule has 38 heavy (non-hydrogen) atoms. The molecule has 0 fully saturated rings. The molecule has 0 radical (unpaired) electrons. The van der Waals surface area contributed by atoms with E-state index in [1.165, 1.54) is 4.68 Å². The van der Waals surface area contributed by atoms with Gasteiger partial charge in [-0.25, -0.2) is 4.98 Å². The summed E-state index contributed by atoms with van der Waals surface area (Å²) >= 11 is 19.3. The summed E-state index contributed by atoms with van der Waals surface area (Å²) in [4.78, 5) is 18.2. The normalized spacial score (nSPS) is 12.3. The van der Waals surface area contributed by atoms with Crippen LogP contribution in [-0.2, 0) is 6.61 Å². The summed E-state index contributed by atoms with van der Waals surface area (Å²) in [5, 5.41) is 6.15. The van der Waals surface area contributed by atoms with E-state index in [-0.39, 0.29) is 18.1 Å². The van der Waals surface area contributed by atoms with Gasteiger partial charge in [0.15, 0.2) is 11.5 Å². The van der Waals surface area contributed by atoms with E-state index in [2.05, 4.69) is 43.9 Å². The molecule has 0 aliphatic carbocycles. The third-order valence-electron chi connectivity index (χ3n) is 5.96. The Labute approximate surface area is 247 Å². The van der Waals surface area contributed by atoms with Crippen molar-refractivity contribution in [1.29, 1.82) is 0 Å². The minimum atomic E-state index is -0.233. The molecule has 10 heteroatoms. The molecular weight excluding hydrogens is 657 g/mol. The van der Waals surface area contributed by atoms with Gasteiger partial charge in [-0.05, 0) is 71.7 Å². The number of hydrogen-bond acceptors (Lipinski definition) is 5. The molecule has 198 valence electrons. The molecule has 0 aliphatic heterocycles. The SMILES string of the molecule is CCOc1cc(C=Nn2c([C@H](C)CC)nc3ccc(Br)cc3c2=O)c(Br)cc1OCc1ccc(Cl)cc1Cl. The number of hydrogen-bond donors (Lipinski definition) is 0. The number of aromatic nitrogens is 2. The van der Waals surface area contributed by atoms with Gasteiger partial charge < -0.3 is 9.47 Å². The highest BCUT2D eigenvalue weighted by Crippen LogP contribution is 2.34. The van der Waals surface area contributed by atoms with Gasteiger partial charge in [0.2, 0.25) is 0 Å². The molecule has 0 saturated carbocycles. The van der Waals surface area contributed by atoms with Crippen molar-refractivity contribution in [2.45, 2.75) is 39.7 Å². The van der Waals surface area contributed by atoms with Crippen molar-refractivity contribution in [3.8, 4) is 11.5 Å². The van der Waals surface area contributed by atoms with Gasteiger partial charge in [-0.3, -0.25) is 4.79 Å². The van der Waals surface area contributed by atoms with Gasteiger partial charge in [-0.1, -0.05) is 59.0 Å². The smallest absolute Gasteiger partial charge is 0.282 e. The van der Waals surface area contributed by atoms with E-state index in [4.69, 9.17) is 37.7 Å². The number of benzene rings is 3. The van der Waals surface area contributed by atoms with Gasteiger partial charge in [0.1, 0.15) is 12.4 Å². The van der Waals surface area contributed by atoms with Crippen LogP contribution in [0.25, 0.3) is 10.9 Å². The quantitative estimate of drug-likeness (QED) is 0.166. The van der Waals surface area contributed by atoms with E-state index in [0.717, 1.165) is 20.9 Å². The van der Waals surface area contributed by atoms with Crippen LogP contribution in [0, 0.1) is 0 Å². The summed E-state index contributed by atoms with van der Waals surface area (Å²) in [6.07, 6.45) is 2.43.